The Kier molecular flexibility index (Phi) is 3.17. The van der Waals surface area contributed by atoms with E-state index in [2.05, 4.69) is 0 Å². The number of hydrogen-bond acceptors (Lipinski definition) is 4. The first kappa shape index (κ1) is 13.3. The second-order valence-electron chi connectivity index (χ2n) is 5.04. The Balaban J connectivity index is 2.19. The molecule has 21 heavy (non-hydrogen) atoms. The van der Waals surface area contributed by atoms with Gasteiger partial charge in [0.2, 0.25) is 0 Å². The van der Waals surface area contributed by atoms with Crippen molar-refractivity contribution in [2.75, 3.05) is 0 Å². The topological polar surface area (TPSA) is 94.1 Å². The third kappa shape index (κ3) is 2.26. The molecule has 0 unspecified atom stereocenters. The zero-order valence-corrected chi connectivity index (χ0v) is 11.2. The summed E-state index contributed by atoms with van der Waals surface area (Å²) in [5.41, 5.74) is 1.39. The van der Waals surface area contributed by atoms with Gasteiger partial charge < -0.3 is 9.94 Å². The first-order valence-electron chi connectivity index (χ1n) is 6.70. The molecule has 3 rings (SSSR count). The van der Waals surface area contributed by atoms with Gasteiger partial charge in [-0.3, -0.25) is 10.1 Å². The summed E-state index contributed by atoms with van der Waals surface area (Å²) in [6, 6.07) is 5.75. The van der Waals surface area contributed by atoms with Crippen LogP contribution < -0.4 is 4.43 Å². The number of nitrogens with zero attached hydrogens (tertiary/aromatic N) is 3. The van der Waals surface area contributed by atoms with Gasteiger partial charge in [0, 0.05) is 29.0 Å². The van der Waals surface area contributed by atoms with Crippen molar-refractivity contribution in [3.63, 3.8) is 0 Å². The minimum atomic E-state index is -0.525. The third-order valence-corrected chi connectivity index (χ3v) is 3.73. The van der Waals surface area contributed by atoms with Crippen LogP contribution in [0.25, 0.3) is 11.3 Å². The van der Waals surface area contributed by atoms with Crippen LogP contribution in [0.15, 0.2) is 30.5 Å². The molecule has 1 aromatic heterocycles. The molecule has 0 fully saturated rings. The fraction of sp³-hybridized carbons (Fsp3) is 0.286. The molecule has 0 atom stereocenters. The molecule has 2 aromatic rings. The summed E-state index contributed by atoms with van der Waals surface area (Å²) in [7, 11) is 0. The smallest absolute Gasteiger partial charge is 0.270 e. The van der Waals surface area contributed by atoms with Crippen LogP contribution in [-0.4, -0.2) is 9.65 Å². The molecular formula is C14H13N3O4. The molecule has 0 saturated heterocycles. The van der Waals surface area contributed by atoms with Crippen LogP contribution in [0.5, 0.6) is 0 Å². The summed E-state index contributed by atoms with van der Waals surface area (Å²) in [6.07, 6.45) is 4.12. The number of rotatable bonds is 2. The van der Waals surface area contributed by atoms with Crippen molar-refractivity contribution in [1.82, 2.24) is 4.73 Å². The Bertz CT molecular complexity index is 782. The van der Waals surface area contributed by atoms with E-state index in [0.29, 0.717) is 29.8 Å². The Morgan fingerprint density at radius 1 is 1.24 bits per heavy atom. The predicted molar refractivity (Wildman–Crippen MR) is 75.3 cm³/mol. The normalized spacial score (nSPS) is 13.7. The highest BCUT2D eigenvalue weighted by molar-refractivity contribution is 5.62. The highest BCUT2D eigenvalue weighted by Crippen LogP contribution is 2.26. The zero-order valence-electron chi connectivity index (χ0n) is 11.2. The largest absolute Gasteiger partial charge is 0.805 e. The SMILES string of the molecule is O=[N+]([O-])c1cccc(-c2c[n+](=O)c3c(n2[O-])CCCC3)c1. The maximum Gasteiger partial charge on any atom is 0.270 e. The fourth-order valence-corrected chi connectivity index (χ4v) is 2.69. The lowest BCUT2D eigenvalue weighted by molar-refractivity contribution is -0.506. The van der Waals surface area contributed by atoms with Crippen LogP contribution in [0.3, 0.4) is 0 Å². The summed E-state index contributed by atoms with van der Waals surface area (Å²) < 4.78 is 1.46. The molecule has 108 valence electrons. The van der Waals surface area contributed by atoms with Crippen molar-refractivity contribution in [3.05, 3.63) is 62.1 Å². The minimum Gasteiger partial charge on any atom is -0.805 e. The molecule has 1 aliphatic carbocycles. The first-order chi connectivity index (χ1) is 10.1. The van der Waals surface area contributed by atoms with Gasteiger partial charge in [-0.05, 0) is 19.3 Å². The van der Waals surface area contributed by atoms with Gasteiger partial charge >= 0.3 is 0 Å². The molecule has 0 amide bonds. The Labute approximate surface area is 119 Å². The number of nitro groups is 1. The molecule has 1 aliphatic rings. The second kappa shape index (κ2) is 5.01. The van der Waals surface area contributed by atoms with Crippen LogP contribution >= 0.6 is 0 Å². The highest BCUT2D eigenvalue weighted by atomic mass is 16.6. The van der Waals surface area contributed by atoms with Crippen LogP contribution in [-0.2, 0) is 12.8 Å². The molecule has 0 N–H and O–H groups in total. The summed E-state index contributed by atoms with van der Waals surface area (Å²) in [5, 5.41) is 23.3. The summed E-state index contributed by atoms with van der Waals surface area (Å²) in [4.78, 5) is 22.4. The quantitative estimate of drug-likeness (QED) is 0.480. The lowest BCUT2D eigenvalue weighted by Crippen LogP contribution is -2.29. The zero-order chi connectivity index (χ0) is 15.0. The maximum absolute atomic E-state index is 12.4. The van der Waals surface area contributed by atoms with Gasteiger partial charge in [0.25, 0.3) is 17.6 Å². The molecule has 0 aliphatic heterocycles. The molecule has 0 spiro atoms. The van der Waals surface area contributed by atoms with Gasteiger partial charge in [0.15, 0.2) is 0 Å². The van der Waals surface area contributed by atoms with Crippen LogP contribution in [0, 0.1) is 20.2 Å². The maximum atomic E-state index is 12.4. The molecule has 0 radical (unpaired) electrons. The molecule has 1 heterocycles. The monoisotopic (exact) mass is 287 g/mol. The van der Waals surface area contributed by atoms with Crippen molar-refractivity contribution in [1.29, 1.82) is 0 Å². The number of benzene rings is 1. The van der Waals surface area contributed by atoms with Crippen molar-refractivity contribution in [2.45, 2.75) is 25.7 Å². The predicted octanol–water partition coefficient (Wildman–Crippen LogP) is 2.20. The van der Waals surface area contributed by atoms with Crippen molar-refractivity contribution >= 4 is 5.69 Å². The van der Waals surface area contributed by atoms with Gasteiger partial charge in [-0.2, -0.15) is 0 Å². The Morgan fingerprint density at radius 3 is 2.76 bits per heavy atom. The van der Waals surface area contributed by atoms with E-state index in [4.69, 9.17) is 0 Å². The standard InChI is InChI=1S/C14H13N3O4/c18-15-9-14(10-4-3-5-11(8-10)17(20)21)16(19)13-7-2-1-6-12(13)15/h3-5,8-9H,1-2,6-7H2. The van der Waals surface area contributed by atoms with E-state index in [-0.39, 0.29) is 11.4 Å². The number of fused-ring (bicyclic) bond motifs is 1. The Hall–Kier alpha value is -2.70. The average molecular weight is 287 g/mol. The molecule has 0 saturated carbocycles. The number of hydrogen-bond donors (Lipinski definition) is 0. The van der Waals surface area contributed by atoms with E-state index >= 15 is 0 Å². The van der Waals surface area contributed by atoms with Gasteiger partial charge in [-0.25, -0.2) is 0 Å². The van der Waals surface area contributed by atoms with E-state index < -0.39 is 4.92 Å². The highest BCUT2D eigenvalue weighted by Gasteiger charge is 2.23. The Morgan fingerprint density at radius 2 is 2.00 bits per heavy atom. The second-order valence-corrected chi connectivity index (χ2v) is 5.04. The molecule has 7 heteroatoms. The summed E-state index contributed by atoms with van der Waals surface area (Å²) >= 11 is 0. The lowest BCUT2D eigenvalue weighted by atomic mass is 10.00. The van der Waals surface area contributed by atoms with Crippen molar-refractivity contribution in [2.24, 2.45) is 0 Å². The molecule has 1 aromatic carbocycles. The first-order valence-corrected chi connectivity index (χ1v) is 6.70. The molecule has 0 bridgehead atoms. The van der Waals surface area contributed by atoms with E-state index in [1.54, 1.807) is 6.07 Å². The number of nitro benzene ring substituents is 1. The van der Waals surface area contributed by atoms with Gasteiger partial charge in [-0.15, -0.1) is 0 Å². The van der Waals surface area contributed by atoms with E-state index in [1.165, 1.54) is 24.4 Å². The van der Waals surface area contributed by atoms with E-state index in [1.807, 2.05) is 0 Å². The third-order valence-electron chi connectivity index (χ3n) is 3.73. The van der Waals surface area contributed by atoms with Crippen LogP contribution in [0.2, 0.25) is 0 Å². The van der Waals surface area contributed by atoms with Crippen molar-refractivity contribution < 1.29 is 9.35 Å². The van der Waals surface area contributed by atoms with Gasteiger partial charge in [0.05, 0.1) is 15.0 Å². The van der Waals surface area contributed by atoms with E-state index in [9.17, 15) is 20.2 Å². The fourth-order valence-electron chi connectivity index (χ4n) is 2.69. The average Bonchev–Trinajstić information content (AvgIpc) is 2.51. The molecule has 7 nitrogen and oxygen atoms in total. The van der Waals surface area contributed by atoms with Crippen LogP contribution in [0.4, 0.5) is 5.69 Å². The van der Waals surface area contributed by atoms with Gasteiger partial charge in [-0.1, -0.05) is 12.1 Å². The minimum absolute atomic E-state index is 0.109. The van der Waals surface area contributed by atoms with Crippen LogP contribution in [0.1, 0.15) is 24.2 Å². The number of aromatic nitrogens is 2. The number of non-ortho nitro benzene ring substituents is 1. The van der Waals surface area contributed by atoms with Gasteiger partial charge in [0.1, 0.15) is 5.69 Å². The van der Waals surface area contributed by atoms with E-state index in [0.717, 1.165) is 22.0 Å². The summed E-state index contributed by atoms with van der Waals surface area (Å²) in [5.74, 6) is 0. The molecular weight excluding hydrogens is 274 g/mol. The lowest BCUT2D eigenvalue weighted by Gasteiger charge is -2.23. The van der Waals surface area contributed by atoms with Crippen molar-refractivity contribution in [3.8, 4) is 11.3 Å². The summed E-state index contributed by atoms with van der Waals surface area (Å²) in [6.45, 7) is 0.